The summed E-state index contributed by atoms with van der Waals surface area (Å²) in [5, 5.41) is 19.1. The number of hydrogen-bond acceptors (Lipinski definition) is 3. The minimum absolute atomic E-state index is 0.537. The highest BCUT2D eigenvalue weighted by Gasteiger charge is 2.20. The van der Waals surface area contributed by atoms with Gasteiger partial charge in [-0.05, 0) is 36.6 Å². The summed E-state index contributed by atoms with van der Waals surface area (Å²) in [7, 11) is 0. The molecule has 1 aliphatic heterocycles. The van der Waals surface area contributed by atoms with E-state index in [4.69, 9.17) is 5.26 Å². The van der Waals surface area contributed by atoms with Gasteiger partial charge in [-0.1, -0.05) is 30.3 Å². The highest BCUT2D eigenvalue weighted by Crippen LogP contribution is 2.31. The molecule has 1 unspecified atom stereocenters. The minimum atomic E-state index is -0.537. The Bertz CT molecular complexity index is 701. The molecule has 0 saturated carbocycles. The Kier molecular flexibility index (Phi) is 3.64. The first-order valence-corrected chi connectivity index (χ1v) is 7.23. The summed E-state index contributed by atoms with van der Waals surface area (Å²) >= 11 is 0. The number of aliphatic hydroxyl groups is 1. The summed E-state index contributed by atoms with van der Waals surface area (Å²) < 4.78 is 0. The van der Waals surface area contributed by atoms with Gasteiger partial charge >= 0.3 is 0 Å². The van der Waals surface area contributed by atoms with E-state index in [2.05, 4.69) is 35.2 Å². The largest absolute Gasteiger partial charge is 0.389 e. The molecule has 0 aromatic heterocycles. The van der Waals surface area contributed by atoms with Crippen molar-refractivity contribution in [3.8, 4) is 6.07 Å². The maximum Gasteiger partial charge on any atom is 0.0992 e. The van der Waals surface area contributed by atoms with Crippen LogP contribution < -0.4 is 4.90 Å². The number of hydrogen-bond donors (Lipinski definition) is 1. The van der Waals surface area contributed by atoms with Crippen molar-refractivity contribution in [2.75, 3.05) is 11.4 Å². The summed E-state index contributed by atoms with van der Waals surface area (Å²) in [5.41, 5.74) is 5.20. The average molecular weight is 278 g/mol. The fourth-order valence-corrected chi connectivity index (χ4v) is 2.94. The first-order chi connectivity index (χ1) is 10.2. The number of fused-ring (bicyclic) bond motifs is 1. The Balaban J connectivity index is 1.99. The Morgan fingerprint density at radius 3 is 2.67 bits per heavy atom. The fourth-order valence-electron chi connectivity index (χ4n) is 2.94. The van der Waals surface area contributed by atoms with Gasteiger partial charge in [-0.25, -0.2) is 0 Å². The fraction of sp³-hybridized carbons (Fsp3) is 0.278. The molecule has 0 saturated heterocycles. The molecular formula is C18H18N2O. The summed E-state index contributed by atoms with van der Waals surface area (Å²) in [6.45, 7) is 3.50. The van der Waals surface area contributed by atoms with E-state index >= 15 is 0 Å². The van der Waals surface area contributed by atoms with Crippen LogP contribution in [0.2, 0.25) is 0 Å². The van der Waals surface area contributed by atoms with Crippen molar-refractivity contribution >= 4 is 5.69 Å². The van der Waals surface area contributed by atoms with E-state index in [1.165, 1.54) is 11.1 Å². The van der Waals surface area contributed by atoms with Crippen molar-refractivity contribution < 1.29 is 5.11 Å². The zero-order valence-electron chi connectivity index (χ0n) is 12.1. The normalized spacial score (nSPS) is 15.2. The first-order valence-electron chi connectivity index (χ1n) is 7.23. The summed E-state index contributed by atoms with van der Waals surface area (Å²) in [6, 6.07) is 16.2. The molecule has 106 valence electrons. The minimum Gasteiger partial charge on any atom is -0.389 e. The van der Waals surface area contributed by atoms with Gasteiger partial charge in [0.1, 0.15) is 0 Å². The van der Waals surface area contributed by atoms with E-state index in [1.54, 1.807) is 13.0 Å². The molecule has 21 heavy (non-hydrogen) atoms. The number of nitrogens with zero attached hydrogens (tertiary/aromatic N) is 2. The Morgan fingerprint density at radius 1 is 1.19 bits per heavy atom. The summed E-state index contributed by atoms with van der Waals surface area (Å²) in [6.07, 6.45) is 0.455. The molecule has 1 N–H and O–H groups in total. The van der Waals surface area contributed by atoms with Gasteiger partial charge in [0.05, 0.1) is 17.7 Å². The molecule has 1 atom stereocenters. The number of aliphatic hydroxyl groups excluding tert-OH is 1. The molecule has 2 aromatic rings. The van der Waals surface area contributed by atoms with Crippen LogP contribution in [0.5, 0.6) is 0 Å². The lowest BCUT2D eigenvalue weighted by Crippen LogP contribution is -2.31. The Hall–Kier alpha value is -2.31. The number of anilines is 1. The lowest BCUT2D eigenvalue weighted by atomic mass is 9.97. The van der Waals surface area contributed by atoms with Gasteiger partial charge in [-0.2, -0.15) is 5.26 Å². The molecule has 2 aromatic carbocycles. The van der Waals surface area contributed by atoms with Crippen LogP contribution in [0, 0.1) is 11.3 Å². The van der Waals surface area contributed by atoms with Crippen LogP contribution in [-0.2, 0) is 13.0 Å². The van der Waals surface area contributed by atoms with Crippen LogP contribution >= 0.6 is 0 Å². The van der Waals surface area contributed by atoms with Crippen molar-refractivity contribution in [1.29, 1.82) is 5.26 Å². The molecule has 0 amide bonds. The lowest BCUT2D eigenvalue weighted by molar-refractivity contribution is 0.199. The smallest absolute Gasteiger partial charge is 0.0992 e. The third-order valence-corrected chi connectivity index (χ3v) is 4.08. The lowest BCUT2D eigenvalue weighted by Gasteiger charge is -2.32. The van der Waals surface area contributed by atoms with Gasteiger partial charge < -0.3 is 10.0 Å². The summed E-state index contributed by atoms with van der Waals surface area (Å²) in [5.74, 6) is 0. The molecule has 0 aliphatic carbocycles. The second-order valence-electron chi connectivity index (χ2n) is 5.50. The molecule has 0 bridgehead atoms. The van der Waals surface area contributed by atoms with Crippen molar-refractivity contribution in [2.24, 2.45) is 0 Å². The van der Waals surface area contributed by atoms with E-state index < -0.39 is 6.10 Å². The van der Waals surface area contributed by atoms with E-state index in [0.717, 1.165) is 30.8 Å². The maximum atomic E-state index is 9.98. The standard InChI is InChI=1S/C18H18N2O/c1-13(21)17-7-6-14(11-19)10-18(17)20-9-8-15-4-2-3-5-16(15)12-20/h2-7,10,13,21H,8-9,12H2,1H3. The molecule has 0 radical (unpaired) electrons. The third kappa shape index (κ3) is 2.63. The zero-order chi connectivity index (χ0) is 14.8. The predicted octanol–water partition coefficient (Wildman–Crippen LogP) is 3.17. The van der Waals surface area contributed by atoms with Gasteiger partial charge in [0, 0.05) is 24.3 Å². The van der Waals surface area contributed by atoms with Crippen LogP contribution in [0.3, 0.4) is 0 Å². The quantitative estimate of drug-likeness (QED) is 0.917. The van der Waals surface area contributed by atoms with Gasteiger partial charge in [-0.15, -0.1) is 0 Å². The van der Waals surface area contributed by atoms with Gasteiger partial charge in [-0.3, -0.25) is 0 Å². The second-order valence-corrected chi connectivity index (χ2v) is 5.50. The number of benzene rings is 2. The Morgan fingerprint density at radius 2 is 1.95 bits per heavy atom. The van der Waals surface area contributed by atoms with E-state index in [-0.39, 0.29) is 0 Å². The van der Waals surface area contributed by atoms with Crippen molar-refractivity contribution in [3.05, 3.63) is 64.7 Å². The highest BCUT2D eigenvalue weighted by atomic mass is 16.3. The van der Waals surface area contributed by atoms with Crippen LogP contribution in [0.25, 0.3) is 0 Å². The Labute approximate surface area is 125 Å². The summed E-state index contributed by atoms with van der Waals surface area (Å²) in [4.78, 5) is 2.26. The molecule has 0 spiro atoms. The second kappa shape index (κ2) is 5.59. The number of nitriles is 1. The molecule has 0 fully saturated rings. The van der Waals surface area contributed by atoms with Gasteiger partial charge in [0.15, 0.2) is 0 Å². The third-order valence-electron chi connectivity index (χ3n) is 4.08. The van der Waals surface area contributed by atoms with E-state index in [9.17, 15) is 5.11 Å². The monoisotopic (exact) mass is 278 g/mol. The van der Waals surface area contributed by atoms with Crippen molar-refractivity contribution in [1.82, 2.24) is 0 Å². The molecule has 3 heteroatoms. The molecule has 3 rings (SSSR count). The topological polar surface area (TPSA) is 47.3 Å². The molecule has 1 heterocycles. The zero-order valence-corrected chi connectivity index (χ0v) is 12.1. The maximum absolute atomic E-state index is 9.98. The first kappa shape index (κ1) is 13.7. The molecule has 3 nitrogen and oxygen atoms in total. The van der Waals surface area contributed by atoms with E-state index in [0.29, 0.717) is 5.56 Å². The van der Waals surface area contributed by atoms with E-state index in [1.807, 2.05) is 12.1 Å². The van der Waals surface area contributed by atoms with Crippen molar-refractivity contribution in [2.45, 2.75) is 26.0 Å². The molecule has 1 aliphatic rings. The van der Waals surface area contributed by atoms with Crippen molar-refractivity contribution in [3.63, 3.8) is 0 Å². The molecular weight excluding hydrogens is 260 g/mol. The van der Waals surface area contributed by atoms with Crippen LogP contribution in [-0.4, -0.2) is 11.7 Å². The SMILES string of the molecule is CC(O)c1ccc(C#N)cc1N1CCc2ccccc2C1. The highest BCUT2D eigenvalue weighted by molar-refractivity contribution is 5.59. The van der Waals surface area contributed by atoms with Crippen LogP contribution in [0.4, 0.5) is 5.69 Å². The van der Waals surface area contributed by atoms with Crippen LogP contribution in [0.1, 0.15) is 35.3 Å². The van der Waals surface area contributed by atoms with Gasteiger partial charge in [0.25, 0.3) is 0 Å². The van der Waals surface area contributed by atoms with Crippen LogP contribution in [0.15, 0.2) is 42.5 Å². The predicted molar refractivity (Wildman–Crippen MR) is 83.0 cm³/mol. The number of rotatable bonds is 2. The average Bonchev–Trinajstić information content (AvgIpc) is 2.53. The van der Waals surface area contributed by atoms with Gasteiger partial charge in [0.2, 0.25) is 0 Å².